The van der Waals surface area contributed by atoms with Crippen molar-refractivity contribution in [3.05, 3.63) is 74.7 Å². The Labute approximate surface area is 130 Å². The van der Waals surface area contributed by atoms with Gasteiger partial charge < -0.3 is 0 Å². The second kappa shape index (κ2) is 6.36. The summed E-state index contributed by atoms with van der Waals surface area (Å²) < 4.78 is 26.1. The Morgan fingerprint density at radius 1 is 1.05 bits per heavy atom. The summed E-state index contributed by atoms with van der Waals surface area (Å²) in [4.78, 5) is 10.3. The van der Waals surface area contributed by atoms with E-state index in [1.165, 1.54) is 12.1 Å². The number of nitrogens with zero attached hydrogens (tertiary/aromatic N) is 1. The van der Waals surface area contributed by atoms with Crippen LogP contribution >= 0.6 is 15.9 Å². The van der Waals surface area contributed by atoms with E-state index in [9.17, 15) is 18.5 Å². The van der Waals surface area contributed by atoms with Gasteiger partial charge in [-0.2, -0.15) is 0 Å². The van der Waals surface area contributed by atoms with E-state index >= 15 is 0 Å². The minimum atomic E-state index is -3.83. The fourth-order valence-electron chi connectivity index (χ4n) is 1.97. The van der Waals surface area contributed by atoms with Gasteiger partial charge in [0.1, 0.15) is 0 Å². The van der Waals surface area contributed by atoms with Gasteiger partial charge >= 0.3 is 0 Å². The zero-order chi connectivity index (χ0) is 15.5. The highest BCUT2D eigenvalue weighted by atomic mass is 79.9. The third-order valence-electron chi connectivity index (χ3n) is 3.00. The van der Waals surface area contributed by atoms with Crippen LogP contribution in [0, 0.1) is 10.1 Å². The molecular formula is C14H12BrNO4S. The van der Waals surface area contributed by atoms with Crippen LogP contribution in [0.1, 0.15) is 10.8 Å². The van der Waals surface area contributed by atoms with Crippen LogP contribution in [0.25, 0.3) is 0 Å². The molecule has 0 heterocycles. The summed E-state index contributed by atoms with van der Waals surface area (Å²) in [6.45, 7) is -0.664. The molecule has 0 radical (unpaired) electrons. The molecule has 0 spiro atoms. The Hall–Kier alpha value is -1.73. The van der Waals surface area contributed by atoms with Crippen LogP contribution in [0.15, 0.2) is 64.0 Å². The SMILES string of the molecule is O=[N+]([O-])C[C@@H](c1ccccc1)S(=O)(=O)c1ccc(Br)cc1. The Morgan fingerprint density at radius 3 is 2.14 bits per heavy atom. The predicted molar refractivity (Wildman–Crippen MR) is 82.4 cm³/mol. The maximum atomic E-state index is 12.7. The number of halogens is 1. The van der Waals surface area contributed by atoms with E-state index in [0.717, 1.165) is 4.47 Å². The molecule has 0 aliphatic heterocycles. The number of sulfone groups is 1. The molecule has 0 amide bonds. The molecule has 0 aliphatic carbocycles. The smallest absolute Gasteiger partial charge is 0.225 e. The summed E-state index contributed by atoms with van der Waals surface area (Å²) in [6, 6.07) is 14.3. The fourth-order valence-corrected chi connectivity index (χ4v) is 3.92. The molecule has 0 unspecified atom stereocenters. The van der Waals surface area contributed by atoms with Gasteiger partial charge in [-0.05, 0) is 29.8 Å². The Kier molecular flexibility index (Phi) is 4.74. The van der Waals surface area contributed by atoms with Crippen LogP contribution in [0.2, 0.25) is 0 Å². The van der Waals surface area contributed by atoms with Crippen molar-refractivity contribution in [3.63, 3.8) is 0 Å². The van der Waals surface area contributed by atoms with Gasteiger partial charge in [0, 0.05) is 9.40 Å². The number of benzene rings is 2. The highest BCUT2D eigenvalue weighted by Crippen LogP contribution is 2.29. The summed E-state index contributed by atoms with van der Waals surface area (Å²) in [5.74, 6) is 0. The van der Waals surface area contributed by atoms with Gasteiger partial charge in [-0.3, -0.25) is 10.1 Å². The van der Waals surface area contributed by atoms with Crippen LogP contribution in [0.3, 0.4) is 0 Å². The summed E-state index contributed by atoms with van der Waals surface area (Å²) >= 11 is 3.23. The summed E-state index contributed by atoms with van der Waals surface area (Å²) in [7, 11) is -3.83. The second-order valence-electron chi connectivity index (χ2n) is 4.41. The average molecular weight is 370 g/mol. The predicted octanol–water partition coefficient (Wildman–Crippen LogP) is 3.24. The Bertz CT molecular complexity index is 729. The molecule has 0 N–H and O–H groups in total. The van der Waals surface area contributed by atoms with Crippen LogP contribution < -0.4 is 0 Å². The first kappa shape index (κ1) is 15.7. The maximum absolute atomic E-state index is 12.7. The minimum Gasteiger partial charge on any atom is -0.264 e. The van der Waals surface area contributed by atoms with Crippen molar-refractivity contribution in [2.45, 2.75) is 10.1 Å². The molecule has 0 fully saturated rings. The van der Waals surface area contributed by atoms with Gasteiger partial charge in [-0.15, -0.1) is 0 Å². The molecule has 0 aromatic heterocycles. The van der Waals surface area contributed by atoms with E-state index in [2.05, 4.69) is 15.9 Å². The monoisotopic (exact) mass is 369 g/mol. The van der Waals surface area contributed by atoms with Crippen LogP contribution in [-0.2, 0) is 9.84 Å². The van der Waals surface area contributed by atoms with E-state index in [4.69, 9.17) is 0 Å². The number of nitro groups is 1. The number of hydrogen-bond donors (Lipinski definition) is 0. The quantitative estimate of drug-likeness (QED) is 0.598. The Morgan fingerprint density at radius 2 is 1.62 bits per heavy atom. The van der Waals surface area contributed by atoms with E-state index < -0.39 is 26.6 Å². The zero-order valence-electron chi connectivity index (χ0n) is 10.8. The molecule has 5 nitrogen and oxygen atoms in total. The van der Waals surface area contributed by atoms with Crippen LogP contribution in [-0.4, -0.2) is 19.9 Å². The van der Waals surface area contributed by atoms with E-state index in [1.807, 2.05) is 0 Å². The molecule has 21 heavy (non-hydrogen) atoms. The molecule has 0 bridgehead atoms. The molecule has 110 valence electrons. The molecule has 0 saturated heterocycles. The third kappa shape index (κ3) is 3.68. The molecule has 2 rings (SSSR count). The molecule has 0 aliphatic rings. The van der Waals surface area contributed by atoms with Gasteiger partial charge in [-0.25, -0.2) is 8.42 Å². The van der Waals surface area contributed by atoms with E-state index in [-0.39, 0.29) is 4.90 Å². The average Bonchev–Trinajstić information content (AvgIpc) is 2.46. The van der Waals surface area contributed by atoms with Crippen LogP contribution in [0.5, 0.6) is 0 Å². The first-order valence-corrected chi connectivity index (χ1v) is 8.41. The molecule has 2 aromatic carbocycles. The lowest BCUT2D eigenvalue weighted by atomic mass is 10.1. The van der Waals surface area contributed by atoms with Crippen molar-refractivity contribution < 1.29 is 13.3 Å². The van der Waals surface area contributed by atoms with Crippen molar-refractivity contribution in [1.29, 1.82) is 0 Å². The molecule has 1 atom stereocenters. The minimum absolute atomic E-state index is 0.0707. The molecule has 0 saturated carbocycles. The zero-order valence-corrected chi connectivity index (χ0v) is 13.2. The van der Waals surface area contributed by atoms with Gasteiger partial charge in [-0.1, -0.05) is 46.3 Å². The van der Waals surface area contributed by atoms with Crippen molar-refractivity contribution in [1.82, 2.24) is 0 Å². The summed E-state index contributed by atoms with van der Waals surface area (Å²) in [5.41, 5.74) is 0.414. The fraction of sp³-hybridized carbons (Fsp3) is 0.143. The van der Waals surface area contributed by atoms with Gasteiger partial charge in [0.15, 0.2) is 15.1 Å². The van der Waals surface area contributed by atoms with Crippen molar-refractivity contribution in [2.24, 2.45) is 0 Å². The van der Waals surface area contributed by atoms with E-state index in [1.54, 1.807) is 42.5 Å². The molecular weight excluding hydrogens is 358 g/mol. The maximum Gasteiger partial charge on any atom is 0.225 e. The molecule has 7 heteroatoms. The first-order valence-electron chi connectivity index (χ1n) is 6.07. The lowest BCUT2D eigenvalue weighted by Crippen LogP contribution is -2.22. The van der Waals surface area contributed by atoms with Crippen molar-refractivity contribution in [2.75, 3.05) is 6.54 Å². The topological polar surface area (TPSA) is 77.3 Å². The third-order valence-corrected chi connectivity index (χ3v) is 5.63. The van der Waals surface area contributed by atoms with Crippen LogP contribution in [0.4, 0.5) is 0 Å². The highest BCUT2D eigenvalue weighted by Gasteiger charge is 2.33. The lowest BCUT2D eigenvalue weighted by Gasteiger charge is -2.14. The lowest BCUT2D eigenvalue weighted by molar-refractivity contribution is -0.479. The largest absolute Gasteiger partial charge is 0.264 e. The normalized spacial score (nSPS) is 12.8. The number of hydrogen-bond acceptors (Lipinski definition) is 4. The standard InChI is InChI=1S/C14H12BrNO4S/c15-12-6-8-13(9-7-12)21(19,20)14(10-16(17)18)11-4-2-1-3-5-11/h1-9,14H,10H2/t14-/m0/s1. The van der Waals surface area contributed by atoms with Gasteiger partial charge in [0.25, 0.3) is 0 Å². The van der Waals surface area contributed by atoms with Gasteiger partial charge in [0.05, 0.1) is 4.90 Å². The molecule has 2 aromatic rings. The van der Waals surface area contributed by atoms with Crippen molar-refractivity contribution >= 4 is 25.8 Å². The summed E-state index contributed by atoms with van der Waals surface area (Å²) in [6.07, 6.45) is 0. The van der Waals surface area contributed by atoms with Gasteiger partial charge in [0.2, 0.25) is 6.54 Å². The summed E-state index contributed by atoms with van der Waals surface area (Å²) in [5, 5.41) is 9.65. The second-order valence-corrected chi connectivity index (χ2v) is 7.46. The number of rotatable bonds is 5. The first-order chi connectivity index (χ1) is 9.91. The van der Waals surface area contributed by atoms with E-state index in [0.29, 0.717) is 5.56 Å². The Balaban J connectivity index is 2.49. The highest BCUT2D eigenvalue weighted by molar-refractivity contribution is 9.10. The van der Waals surface area contributed by atoms with Crippen molar-refractivity contribution in [3.8, 4) is 0 Å².